The van der Waals surface area contributed by atoms with E-state index in [1.54, 1.807) is 7.11 Å². The molecule has 1 aliphatic heterocycles. The number of piperazine rings is 1. The maximum Gasteiger partial charge on any atom is 0.191 e. The Labute approximate surface area is 188 Å². The molecule has 1 aliphatic rings. The van der Waals surface area contributed by atoms with E-state index in [2.05, 4.69) is 47.3 Å². The summed E-state index contributed by atoms with van der Waals surface area (Å²) < 4.78 is 5.42. The minimum absolute atomic E-state index is 0. The molecule has 0 saturated carbocycles. The number of nitrogens with zero attached hydrogens (tertiary/aromatic N) is 3. The van der Waals surface area contributed by atoms with E-state index in [0.29, 0.717) is 12.5 Å². The highest BCUT2D eigenvalue weighted by Gasteiger charge is 2.17. The first kappa shape index (κ1) is 25.0. The maximum atomic E-state index is 5.42. The van der Waals surface area contributed by atoms with Crippen molar-refractivity contribution in [2.24, 2.45) is 10.9 Å². The third kappa shape index (κ3) is 8.53. The molecule has 0 spiro atoms. The van der Waals surface area contributed by atoms with Gasteiger partial charge in [-0.05, 0) is 25.5 Å². The van der Waals surface area contributed by atoms with Gasteiger partial charge in [0.25, 0.3) is 0 Å². The Bertz CT molecular complexity index is 576. The number of ether oxygens (including phenoxy) is 1. The summed E-state index contributed by atoms with van der Waals surface area (Å²) in [6, 6.07) is 8.04. The second kappa shape index (κ2) is 14.0. The Balaban J connectivity index is 0.00000392. The fourth-order valence-corrected chi connectivity index (χ4v) is 3.40. The minimum Gasteiger partial charge on any atom is -0.496 e. The molecular formula is C21H38IN5O. The van der Waals surface area contributed by atoms with Crippen molar-refractivity contribution >= 4 is 29.9 Å². The van der Waals surface area contributed by atoms with Crippen molar-refractivity contribution in [2.45, 2.75) is 27.3 Å². The molecule has 0 aliphatic carbocycles. The highest BCUT2D eigenvalue weighted by Crippen LogP contribution is 2.17. The lowest BCUT2D eigenvalue weighted by Crippen LogP contribution is -2.48. The third-order valence-electron chi connectivity index (χ3n) is 5.04. The Hall–Kier alpha value is -1.06. The van der Waals surface area contributed by atoms with Crippen molar-refractivity contribution in [1.82, 2.24) is 20.4 Å². The molecule has 160 valence electrons. The minimum atomic E-state index is 0. The van der Waals surface area contributed by atoms with Gasteiger partial charge in [0.1, 0.15) is 5.75 Å². The molecule has 1 aromatic rings. The van der Waals surface area contributed by atoms with E-state index in [-0.39, 0.29) is 24.0 Å². The first-order valence-electron chi connectivity index (χ1n) is 10.2. The van der Waals surface area contributed by atoms with Crippen LogP contribution in [0.4, 0.5) is 0 Å². The Morgan fingerprint density at radius 3 is 2.43 bits per heavy atom. The molecule has 1 atom stereocenters. The number of halogens is 1. The van der Waals surface area contributed by atoms with Gasteiger partial charge in [0.2, 0.25) is 0 Å². The van der Waals surface area contributed by atoms with Crippen LogP contribution in [-0.2, 0) is 6.54 Å². The molecule has 0 aromatic heterocycles. The molecule has 0 radical (unpaired) electrons. The van der Waals surface area contributed by atoms with Crippen LogP contribution in [0.2, 0.25) is 0 Å². The normalized spacial score (nSPS) is 16.9. The topological polar surface area (TPSA) is 52.1 Å². The van der Waals surface area contributed by atoms with Gasteiger partial charge >= 0.3 is 0 Å². The molecule has 6 nitrogen and oxygen atoms in total. The smallest absolute Gasteiger partial charge is 0.191 e. The van der Waals surface area contributed by atoms with E-state index < -0.39 is 0 Å². The van der Waals surface area contributed by atoms with E-state index in [4.69, 9.17) is 9.73 Å². The van der Waals surface area contributed by atoms with E-state index in [1.807, 2.05) is 18.2 Å². The van der Waals surface area contributed by atoms with Crippen LogP contribution in [0.15, 0.2) is 29.3 Å². The van der Waals surface area contributed by atoms with Gasteiger partial charge in [0.05, 0.1) is 13.7 Å². The summed E-state index contributed by atoms with van der Waals surface area (Å²) in [6.07, 6.45) is 0. The number of para-hydroxylation sites is 1. The number of benzene rings is 1. The zero-order chi connectivity index (χ0) is 19.5. The summed E-state index contributed by atoms with van der Waals surface area (Å²) in [6.45, 7) is 16.1. The molecule has 2 N–H and O–H groups in total. The number of nitrogens with one attached hydrogen (secondary N) is 2. The van der Waals surface area contributed by atoms with Gasteiger partial charge in [-0.1, -0.05) is 32.0 Å². The van der Waals surface area contributed by atoms with Crippen molar-refractivity contribution in [1.29, 1.82) is 0 Å². The third-order valence-corrected chi connectivity index (χ3v) is 5.04. The van der Waals surface area contributed by atoms with Crippen molar-refractivity contribution in [3.05, 3.63) is 29.8 Å². The number of rotatable bonds is 9. The maximum absolute atomic E-state index is 5.42. The molecule has 1 unspecified atom stereocenters. The fourth-order valence-electron chi connectivity index (χ4n) is 3.40. The first-order valence-corrected chi connectivity index (χ1v) is 10.2. The lowest BCUT2D eigenvalue weighted by atomic mass is 10.1. The van der Waals surface area contributed by atoms with Crippen LogP contribution in [-0.4, -0.2) is 75.2 Å². The fraction of sp³-hybridized carbons (Fsp3) is 0.667. The summed E-state index contributed by atoms with van der Waals surface area (Å²) in [4.78, 5) is 9.83. The number of likely N-dealkylation sites (N-methyl/N-ethyl adjacent to an activating group) is 1. The lowest BCUT2D eigenvalue weighted by molar-refractivity contribution is 0.124. The number of methoxy groups -OCH3 is 1. The first-order chi connectivity index (χ1) is 13.2. The van der Waals surface area contributed by atoms with Gasteiger partial charge in [-0.15, -0.1) is 24.0 Å². The average molecular weight is 503 g/mol. The summed E-state index contributed by atoms with van der Waals surface area (Å²) in [7, 11) is 1.70. The van der Waals surface area contributed by atoms with Crippen LogP contribution in [0.25, 0.3) is 0 Å². The molecule has 0 bridgehead atoms. The summed E-state index contributed by atoms with van der Waals surface area (Å²) in [5.41, 5.74) is 1.10. The van der Waals surface area contributed by atoms with Crippen LogP contribution in [0, 0.1) is 5.92 Å². The largest absolute Gasteiger partial charge is 0.496 e. The Morgan fingerprint density at radius 2 is 1.79 bits per heavy atom. The lowest BCUT2D eigenvalue weighted by Gasteiger charge is -2.35. The van der Waals surface area contributed by atoms with Crippen LogP contribution in [0.3, 0.4) is 0 Å². The zero-order valence-electron chi connectivity index (χ0n) is 17.9. The summed E-state index contributed by atoms with van der Waals surface area (Å²) in [5, 5.41) is 6.84. The van der Waals surface area contributed by atoms with Crippen molar-refractivity contribution in [2.75, 3.05) is 59.5 Å². The molecule has 1 heterocycles. The monoisotopic (exact) mass is 503 g/mol. The molecular weight excluding hydrogens is 465 g/mol. The van der Waals surface area contributed by atoms with Crippen molar-refractivity contribution in [3.8, 4) is 5.75 Å². The molecule has 1 aromatic carbocycles. The van der Waals surface area contributed by atoms with Gasteiger partial charge < -0.3 is 25.2 Å². The molecule has 28 heavy (non-hydrogen) atoms. The number of aliphatic imine (C=N–C) groups is 1. The molecule has 2 rings (SSSR count). The van der Waals surface area contributed by atoms with Crippen LogP contribution in [0.5, 0.6) is 5.75 Å². The number of hydrogen-bond acceptors (Lipinski definition) is 4. The van der Waals surface area contributed by atoms with Gasteiger partial charge in [-0.25, -0.2) is 4.99 Å². The summed E-state index contributed by atoms with van der Waals surface area (Å²) >= 11 is 0. The van der Waals surface area contributed by atoms with E-state index in [0.717, 1.165) is 36.9 Å². The zero-order valence-corrected chi connectivity index (χ0v) is 20.2. The molecule has 7 heteroatoms. The predicted octanol–water partition coefficient (Wildman–Crippen LogP) is 2.64. The van der Waals surface area contributed by atoms with Crippen LogP contribution >= 0.6 is 24.0 Å². The van der Waals surface area contributed by atoms with Crippen molar-refractivity contribution in [3.63, 3.8) is 0 Å². The van der Waals surface area contributed by atoms with Gasteiger partial charge in [0.15, 0.2) is 5.96 Å². The van der Waals surface area contributed by atoms with Crippen LogP contribution < -0.4 is 15.4 Å². The van der Waals surface area contributed by atoms with Crippen LogP contribution in [0.1, 0.15) is 26.3 Å². The van der Waals surface area contributed by atoms with E-state index in [1.165, 1.54) is 32.7 Å². The van der Waals surface area contributed by atoms with Crippen molar-refractivity contribution < 1.29 is 4.74 Å². The van der Waals surface area contributed by atoms with Gasteiger partial charge in [-0.2, -0.15) is 0 Å². The number of hydrogen-bond donors (Lipinski definition) is 2. The SMILES string of the molecule is CCNC(=NCc1ccccc1OC)NCC(C)CN1CCN(CC)CC1.I. The van der Waals surface area contributed by atoms with Gasteiger partial charge in [-0.3, -0.25) is 0 Å². The van der Waals surface area contributed by atoms with Gasteiger partial charge in [0, 0.05) is 51.4 Å². The second-order valence-electron chi connectivity index (χ2n) is 7.23. The molecule has 1 saturated heterocycles. The van der Waals surface area contributed by atoms with E-state index in [9.17, 15) is 0 Å². The second-order valence-corrected chi connectivity index (χ2v) is 7.23. The highest BCUT2D eigenvalue weighted by molar-refractivity contribution is 14.0. The number of guanidine groups is 1. The molecule has 1 fully saturated rings. The summed E-state index contributed by atoms with van der Waals surface area (Å²) in [5.74, 6) is 2.33. The standard InChI is InChI=1S/C21H37N5O.HI/c1-5-22-21(24-16-19-9-7-8-10-20(19)27-4)23-15-18(3)17-26-13-11-25(6-2)12-14-26;/h7-10,18H,5-6,11-17H2,1-4H3,(H2,22,23,24);1H. The van der Waals surface area contributed by atoms with E-state index >= 15 is 0 Å². The highest BCUT2D eigenvalue weighted by atomic mass is 127. The quantitative estimate of drug-likeness (QED) is 0.309. The Morgan fingerprint density at radius 1 is 1.11 bits per heavy atom. The predicted molar refractivity (Wildman–Crippen MR) is 129 cm³/mol. The Kier molecular flexibility index (Phi) is 12.5. The molecule has 0 amide bonds. The average Bonchev–Trinajstić information content (AvgIpc) is 2.71.